The first-order valence-electron chi connectivity index (χ1n) is 5.45. The van der Waals surface area contributed by atoms with Crippen molar-refractivity contribution in [3.63, 3.8) is 0 Å². The van der Waals surface area contributed by atoms with Gasteiger partial charge >= 0.3 is 0 Å². The molecule has 0 aromatic heterocycles. The van der Waals surface area contributed by atoms with E-state index in [2.05, 4.69) is 21.2 Å². The number of nitrogens with one attached hydrogen (secondary N) is 1. The minimum absolute atomic E-state index is 0.167. The van der Waals surface area contributed by atoms with Crippen LogP contribution in [-0.2, 0) is 9.47 Å². The van der Waals surface area contributed by atoms with Crippen LogP contribution in [0.25, 0.3) is 0 Å². The van der Waals surface area contributed by atoms with Crippen LogP contribution in [-0.4, -0.2) is 39.4 Å². The molecule has 6 heteroatoms. The van der Waals surface area contributed by atoms with E-state index in [4.69, 9.17) is 21.1 Å². The van der Waals surface area contributed by atoms with Gasteiger partial charge in [0.1, 0.15) is 0 Å². The Morgan fingerprint density at radius 1 is 1.39 bits per heavy atom. The molecule has 0 fully saturated rings. The summed E-state index contributed by atoms with van der Waals surface area (Å²) < 4.78 is 10.8. The topological polar surface area (TPSA) is 47.6 Å². The van der Waals surface area contributed by atoms with E-state index in [0.717, 1.165) is 4.47 Å². The fourth-order valence-electron chi connectivity index (χ4n) is 1.22. The fraction of sp³-hybridized carbons (Fsp3) is 0.417. The molecular formula is C12H15BrClNO3. The molecule has 1 rings (SSSR count). The number of halogens is 2. The molecule has 0 atom stereocenters. The molecule has 0 radical (unpaired) electrons. The molecule has 0 spiro atoms. The van der Waals surface area contributed by atoms with Gasteiger partial charge in [0.15, 0.2) is 0 Å². The number of carbonyl (C=O) groups excluding carboxylic acids is 1. The van der Waals surface area contributed by atoms with Crippen molar-refractivity contribution in [2.45, 2.75) is 0 Å². The third-order valence-corrected chi connectivity index (χ3v) is 3.38. The Labute approximate surface area is 120 Å². The van der Waals surface area contributed by atoms with E-state index in [9.17, 15) is 4.79 Å². The minimum atomic E-state index is -0.167. The molecule has 1 aromatic rings. The Bertz CT molecular complexity index is 401. The van der Waals surface area contributed by atoms with Crippen molar-refractivity contribution in [2.75, 3.05) is 33.5 Å². The van der Waals surface area contributed by atoms with Crippen LogP contribution in [0.3, 0.4) is 0 Å². The van der Waals surface area contributed by atoms with Crippen molar-refractivity contribution >= 4 is 33.4 Å². The van der Waals surface area contributed by atoms with Crippen LogP contribution in [0.4, 0.5) is 0 Å². The maximum absolute atomic E-state index is 11.7. The quantitative estimate of drug-likeness (QED) is 0.778. The van der Waals surface area contributed by atoms with Gasteiger partial charge in [-0.25, -0.2) is 0 Å². The van der Waals surface area contributed by atoms with Crippen molar-refractivity contribution in [1.82, 2.24) is 5.32 Å². The van der Waals surface area contributed by atoms with Crippen molar-refractivity contribution in [3.05, 3.63) is 33.3 Å². The molecule has 0 aliphatic heterocycles. The zero-order valence-corrected chi connectivity index (χ0v) is 12.4. The molecule has 1 N–H and O–H groups in total. The predicted molar refractivity (Wildman–Crippen MR) is 74.2 cm³/mol. The Kier molecular flexibility index (Phi) is 7.27. The summed E-state index contributed by atoms with van der Waals surface area (Å²) in [5.74, 6) is -0.167. The molecule has 4 nitrogen and oxygen atoms in total. The number of carbonyl (C=O) groups is 1. The van der Waals surface area contributed by atoms with Crippen LogP contribution in [0.15, 0.2) is 22.7 Å². The Morgan fingerprint density at radius 2 is 2.17 bits per heavy atom. The summed E-state index contributed by atoms with van der Waals surface area (Å²) in [6, 6.07) is 5.07. The Morgan fingerprint density at radius 3 is 2.83 bits per heavy atom. The first-order chi connectivity index (χ1) is 8.65. The Hall–Kier alpha value is -0.620. The van der Waals surface area contributed by atoms with Crippen LogP contribution in [0.5, 0.6) is 0 Å². The van der Waals surface area contributed by atoms with E-state index in [1.54, 1.807) is 25.3 Å². The lowest BCUT2D eigenvalue weighted by molar-refractivity contribution is 0.0692. The number of methoxy groups -OCH3 is 1. The standard InChI is InChI=1S/C12H15BrClNO3/c1-17-6-7-18-5-4-15-12(16)9-2-3-10(13)11(14)8-9/h2-3,8H,4-7H2,1H3,(H,15,16). The predicted octanol–water partition coefficient (Wildman–Crippen LogP) is 2.50. The lowest BCUT2D eigenvalue weighted by Gasteiger charge is -2.07. The first-order valence-corrected chi connectivity index (χ1v) is 6.62. The van der Waals surface area contributed by atoms with Gasteiger partial charge in [0.2, 0.25) is 0 Å². The van der Waals surface area contributed by atoms with Crippen LogP contribution >= 0.6 is 27.5 Å². The molecule has 0 aliphatic carbocycles. The van der Waals surface area contributed by atoms with Gasteiger partial charge < -0.3 is 14.8 Å². The van der Waals surface area contributed by atoms with Crippen molar-refractivity contribution in [2.24, 2.45) is 0 Å². The lowest BCUT2D eigenvalue weighted by Crippen LogP contribution is -2.27. The van der Waals surface area contributed by atoms with Crippen molar-refractivity contribution < 1.29 is 14.3 Å². The van der Waals surface area contributed by atoms with E-state index in [1.807, 2.05) is 0 Å². The second-order valence-corrected chi connectivity index (χ2v) is 4.75. The van der Waals surface area contributed by atoms with Crippen LogP contribution < -0.4 is 5.32 Å². The van der Waals surface area contributed by atoms with Gasteiger partial charge in [-0.15, -0.1) is 0 Å². The van der Waals surface area contributed by atoms with Gasteiger partial charge in [-0.05, 0) is 34.1 Å². The van der Waals surface area contributed by atoms with E-state index >= 15 is 0 Å². The zero-order chi connectivity index (χ0) is 13.4. The van der Waals surface area contributed by atoms with Gasteiger partial charge in [0.05, 0.1) is 24.8 Å². The van der Waals surface area contributed by atoms with Crippen molar-refractivity contribution in [1.29, 1.82) is 0 Å². The monoisotopic (exact) mass is 335 g/mol. The highest BCUT2D eigenvalue weighted by Crippen LogP contribution is 2.22. The fourth-order valence-corrected chi connectivity index (χ4v) is 1.65. The van der Waals surface area contributed by atoms with Gasteiger partial charge in [-0.1, -0.05) is 11.6 Å². The summed E-state index contributed by atoms with van der Waals surface area (Å²) in [5, 5.41) is 3.26. The highest BCUT2D eigenvalue weighted by molar-refractivity contribution is 9.10. The number of hydrogen-bond acceptors (Lipinski definition) is 3. The number of benzene rings is 1. The highest BCUT2D eigenvalue weighted by atomic mass is 79.9. The van der Waals surface area contributed by atoms with E-state index in [-0.39, 0.29) is 5.91 Å². The molecule has 0 aliphatic rings. The molecule has 1 amide bonds. The maximum atomic E-state index is 11.7. The molecule has 100 valence electrons. The van der Waals surface area contributed by atoms with Gasteiger partial charge in [-0.3, -0.25) is 4.79 Å². The van der Waals surface area contributed by atoms with Gasteiger partial charge in [0, 0.05) is 23.7 Å². The van der Waals surface area contributed by atoms with Crippen LogP contribution in [0, 0.1) is 0 Å². The summed E-state index contributed by atoms with van der Waals surface area (Å²) in [4.78, 5) is 11.7. The molecule has 0 heterocycles. The lowest BCUT2D eigenvalue weighted by atomic mass is 10.2. The SMILES string of the molecule is COCCOCCNC(=O)c1ccc(Br)c(Cl)c1. The van der Waals surface area contributed by atoms with Gasteiger partial charge in [-0.2, -0.15) is 0 Å². The summed E-state index contributed by atoms with van der Waals surface area (Å²) in [6.07, 6.45) is 0. The smallest absolute Gasteiger partial charge is 0.251 e. The average Bonchev–Trinajstić information content (AvgIpc) is 2.36. The minimum Gasteiger partial charge on any atom is -0.382 e. The van der Waals surface area contributed by atoms with Gasteiger partial charge in [0.25, 0.3) is 5.91 Å². The van der Waals surface area contributed by atoms with Crippen molar-refractivity contribution in [3.8, 4) is 0 Å². The number of amides is 1. The molecule has 1 aromatic carbocycles. The second-order valence-electron chi connectivity index (χ2n) is 3.49. The van der Waals surface area contributed by atoms with Crippen LogP contribution in [0.2, 0.25) is 5.02 Å². The largest absolute Gasteiger partial charge is 0.382 e. The number of rotatable bonds is 7. The zero-order valence-electron chi connectivity index (χ0n) is 10.0. The molecular weight excluding hydrogens is 321 g/mol. The molecule has 0 saturated heterocycles. The van der Waals surface area contributed by atoms with Crippen LogP contribution in [0.1, 0.15) is 10.4 Å². The third-order valence-electron chi connectivity index (χ3n) is 2.15. The Balaban J connectivity index is 2.30. The third kappa shape index (κ3) is 5.35. The molecule has 0 saturated carbocycles. The van der Waals surface area contributed by atoms with E-state index < -0.39 is 0 Å². The van der Waals surface area contributed by atoms with E-state index in [1.165, 1.54) is 0 Å². The normalized spacial score (nSPS) is 10.4. The molecule has 0 bridgehead atoms. The first kappa shape index (κ1) is 15.4. The number of ether oxygens (including phenoxy) is 2. The summed E-state index contributed by atoms with van der Waals surface area (Å²) >= 11 is 9.18. The molecule has 0 unspecified atom stereocenters. The molecule has 18 heavy (non-hydrogen) atoms. The average molecular weight is 337 g/mol. The second kappa shape index (κ2) is 8.48. The number of hydrogen-bond donors (Lipinski definition) is 1. The highest BCUT2D eigenvalue weighted by Gasteiger charge is 2.06. The summed E-state index contributed by atoms with van der Waals surface area (Å²) in [6.45, 7) is 1.99. The summed E-state index contributed by atoms with van der Waals surface area (Å²) in [7, 11) is 1.61. The summed E-state index contributed by atoms with van der Waals surface area (Å²) in [5.41, 5.74) is 0.528. The maximum Gasteiger partial charge on any atom is 0.251 e. The van der Waals surface area contributed by atoms with E-state index in [0.29, 0.717) is 37.0 Å².